The number of fused-ring (bicyclic) bond motifs is 2. The number of nitrogens with zero attached hydrogens (tertiary/aromatic N) is 10. The van der Waals surface area contributed by atoms with Crippen molar-refractivity contribution in [2.24, 2.45) is 5.92 Å². The minimum atomic E-state index is -3.63. The first-order chi connectivity index (χ1) is 40.3. The maximum atomic E-state index is 18.0. The number of nitriles is 1. The van der Waals surface area contributed by atoms with Gasteiger partial charge in [0.15, 0.2) is 46.8 Å². The molecule has 4 aromatic carbocycles. The maximum Gasteiger partial charge on any atom is 0.333 e. The van der Waals surface area contributed by atoms with Gasteiger partial charge < -0.3 is 52.0 Å². The Morgan fingerprint density at radius 1 is 0.855 bits per heavy atom. The Morgan fingerprint density at radius 2 is 1.49 bits per heavy atom. The van der Waals surface area contributed by atoms with Gasteiger partial charge in [-0.15, -0.1) is 10.2 Å². The summed E-state index contributed by atoms with van der Waals surface area (Å²) >= 11 is 0. The van der Waals surface area contributed by atoms with Crippen molar-refractivity contribution >= 4 is 62.8 Å². The van der Waals surface area contributed by atoms with Crippen LogP contribution in [0.1, 0.15) is 66.2 Å². The van der Waals surface area contributed by atoms with E-state index in [1.54, 1.807) is 82.7 Å². The summed E-state index contributed by atoms with van der Waals surface area (Å²) in [6.07, 6.45) is -9.34. The summed E-state index contributed by atoms with van der Waals surface area (Å²) < 4.78 is 87.9. The van der Waals surface area contributed by atoms with Crippen LogP contribution in [0.25, 0.3) is 22.3 Å². The molecule has 432 valence electrons. The minimum Gasteiger partial charge on any atom is -0.497 e. The van der Waals surface area contributed by atoms with Crippen LogP contribution in [0.4, 0.5) is 16.2 Å². The van der Waals surface area contributed by atoms with Crippen molar-refractivity contribution in [3.05, 3.63) is 148 Å². The summed E-state index contributed by atoms with van der Waals surface area (Å²) in [5.41, 5.74) is -0.247. The lowest BCUT2D eigenvalue weighted by Gasteiger charge is -2.37. The van der Waals surface area contributed by atoms with Gasteiger partial charge in [-0.05, 0) is 53.1 Å². The zero-order valence-corrected chi connectivity index (χ0v) is 46.6. The van der Waals surface area contributed by atoms with Gasteiger partial charge >= 0.3 is 16.9 Å². The molecule has 0 bridgehead atoms. The molecule has 2 aliphatic heterocycles. The van der Waals surface area contributed by atoms with Gasteiger partial charge in [0.05, 0.1) is 52.6 Å². The average Bonchev–Trinajstić information content (AvgIpc) is 3.21. The standard InChI is InChI=1S/C53H54FN13O14P2/c1-30(2)47(68)60-52-59-46-42(49(70)61-52)63-65-67(46)50-38(80-82(71)72)26-37(78-50)27-77-83(76-25-11-24-55)81-43-39(79-51(40(43)54)66-45-41(62-64-66)44(56-29-57-45)58-48(69)31-12-7-5-8-13-31)28-75-53(32-14-9-6-10-15-32,33-16-20-35(73-3)21-17-33)34-18-22-36(74-4)23-19-34/h5-10,12-23,29-30,37-40,43,50-51,82H,11,25-28H2,1-4H3,(H,71,72)(H,56,57,58,69)(H2,59,60,61,68,70)/t37-,38-,39+,40-,43+,50+,51+,83?/m0/s1. The Labute approximate surface area is 473 Å². The molecule has 9 atom stereocenters. The second-order valence-corrected chi connectivity index (χ2v) is 20.9. The smallest absolute Gasteiger partial charge is 0.333 e. The summed E-state index contributed by atoms with van der Waals surface area (Å²) in [6, 6.07) is 34.3. The predicted octanol–water partition coefficient (Wildman–Crippen LogP) is 6.47. The minimum absolute atomic E-state index is 0.0112. The number of alkyl halides is 1. The first-order valence-electron chi connectivity index (χ1n) is 25.8. The van der Waals surface area contributed by atoms with Crippen LogP contribution in [-0.4, -0.2) is 131 Å². The van der Waals surface area contributed by atoms with Gasteiger partial charge in [0.1, 0.15) is 41.7 Å². The molecule has 10 rings (SSSR count). The second kappa shape index (κ2) is 26.0. The molecule has 6 heterocycles. The number of hydrogen-bond acceptors (Lipinski definition) is 21. The molecule has 83 heavy (non-hydrogen) atoms. The lowest BCUT2D eigenvalue weighted by molar-refractivity contribution is -0.118. The summed E-state index contributed by atoms with van der Waals surface area (Å²) in [5, 5.41) is 31.4. The van der Waals surface area contributed by atoms with E-state index in [2.05, 4.69) is 51.2 Å². The largest absolute Gasteiger partial charge is 0.497 e. The zero-order chi connectivity index (χ0) is 58.2. The normalized spacial score (nSPS) is 20.5. The van der Waals surface area contributed by atoms with Crippen molar-refractivity contribution in [2.75, 3.05) is 44.7 Å². The highest BCUT2D eigenvalue weighted by molar-refractivity contribution is 7.41. The summed E-state index contributed by atoms with van der Waals surface area (Å²) in [4.78, 5) is 64.3. The van der Waals surface area contributed by atoms with Crippen LogP contribution in [0, 0.1) is 17.2 Å². The Kier molecular flexibility index (Phi) is 18.2. The number of carbonyl (C=O) groups is 2. The second-order valence-electron chi connectivity index (χ2n) is 19.0. The van der Waals surface area contributed by atoms with Gasteiger partial charge in [-0.2, -0.15) is 19.6 Å². The van der Waals surface area contributed by atoms with Crippen molar-refractivity contribution in [3.63, 3.8) is 0 Å². The van der Waals surface area contributed by atoms with E-state index >= 15 is 4.39 Å². The number of hydrogen-bond donors (Lipinski definition) is 4. The number of aromatic amines is 1. The Balaban J connectivity index is 0.985. The lowest BCUT2D eigenvalue weighted by Crippen LogP contribution is -2.39. The first kappa shape index (κ1) is 58.1. The van der Waals surface area contributed by atoms with Crippen LogP contribution < -0.4 is 25.7 Å². The van der Waals surface area contributed by atoms with Gasteiger partial charge in [0.25, 0.3) is 11.5 Å². The number of aromatic nitrogens is 10. The molecular formula is C53H54FN13O14P2. The summed E-state index contributed by atoms with van der Waals surface area (Å²) in [7, 11) is -3.19. The number of ether oxygens (including phenoxy) is 5. The van der Waals surface area contributed by atoms with Crippen LogP contribution in [0.3, 0.4) is 0 Å². The van der Waals surface area contributed by atoms with E-state index in [1.165, 1.54) is 0 Å². The fraction of sp³-hybridized carbons (Fsp3) is 0.340. The van der Waals surface area contributed by atoms with E-state index in [1.807, 2.05) is 60.7 Å². The van der Waals surface area contributed by atoms with Crippen LogP contribution in [0.2, 0.25) is 0 Å². The van der Waals surface area contributed by atoms with Gasteiger partial charge in [0, 0.05) is 17.9 Å². The maximum absolute atomic E-state index is 18.0. The van der Waals surface area contributed by atoms with Crippen LogP contribution >= 0.6 is 16.9 Å². The van der Waals surface area contributed by atoms with Gasteiger partial charge in [-0.1, -0.05) is 97.1 Å². The van der Waals surface area contributed by atoms with Crippen LogP contribution in [0.15, 0.2) is 120 Å². The summed E-state index contributed by atoms with van der Waals surface area (Å²) in [6.45, 7) is 2.27. The third kappa shape index (κ3) is 12.6. The van der Waals surface area contributed by atoms with Crippen molar-refractivity contribution < 1.29 is 65.2 Å². The SMILES string of the molecule is COc1ccc(C(OC[C@H]2O[C@@H](n3nnc4c(NC(=O)c5ccccc5)ncnc43)[C@@H](F)[C@@H]2OP(OCCC#N)OC[C@@H]2C[C@H](O[PH](=O)O)[C@H](n3nnc4c(=O)[nH]c(NC(=O)C(C)C)nc43)O2)(c2ccccc2)c2ccc(OC)cc2)cc1. The molecule has 2 saturated heterocycles. The zero-order valence-electron chi connectivity index (χ0n) is 44.7. The highest BCUT2D eigenvalue weighted by Gasteiger charge is 2.52. The fourth-order valence-corrected chi connectivity index (χ4v) is 11.0. The molecule has 8 aromatic rings. The Bertz CT molecular complexity index is 3630. The number of H-pyrrole nitrogens is 1. The molecule has 27 nitrogen and oxygen atoms in total. The van der Waals surface area contributed by atoms with Crippen LogP contribution in [0.5, 0.6) is 11.5 Å². The van der Waals surface area contributed by atoms with Gasteiger partial charge in [-0.25, -0.2) is 14.4 Å². The molecule has 2 amide bonds. The van der Waals surface area contributed by atoms with E-state index in [0.717, 1.165) is 15.7 Å². The van der Waals surface area contributed by atoms with Crippen LogP contribution in [-0.2, 0) is 47.3 Å². The van der Waals surface area contributed by atoms with Crippen molar-refractivity contribution in [1.82, 2.24) is 49.9 Å². The highest BCUT2D eigenvalue weighted by Crippen LogP contribution is 2.50. The van der Waals surface area contributed by atoms with E-state index in [4.69, 9.17) is 41.8 Å². The third-order valence-corrected chi connectivity index (χ3v) is 15.1. The van der Waals surface area contributed by atoms with Crippen molar-refractivity contribution in [3.8, 4) is 17.6 Å². The fourth-order valence-electron chi connectivity index (χ4n) is 9.34. The Hall–Kier alpha value is -8.06. The number of anilines is 2. The number of benzene rings is 4. The molecule has 2 aliphatic rings. The topological polar surface area (TPSA) is 335 Å². The lowest BCUT2D eigenvalue weighted by atomic mass is 9.80. The van der Waals surface area contributed by atoms with E-state index in [0.29, 0.717) is 33.8 Å². The molecule has 0 spiro atoms. The number of rotatable bonds is 24. The molecule has 2 unspecified atom stereocenters. The van der Waals surface area contributed by atoms with Crippen molar-refractivity contribution in [2.45, 2.75) is 75.3 Å². The Morgan fingerprint density at radius 3 is 2.13 bits per heavy atom. The number of halogens is 1. The molecule has 0 aliphatic carbocycles. The monoisotopic (exact) mass is 1180 g/mol. The number of amides is 2. The van der Waals surface area contributed by atoms with E-state index in [9.17, 15) is 29.1 Å². The molecule has 0 saturated carbocycles. The first-order valence-corrected chi connectivity index (χ1v) is 28.2. The molecule has 30 heteroatoms. The molecule has 4 N–H and O–H groups in total. The number of methoxy groups -OCH3 is 2. The molecule has 4 aromatic heterocycles. The predicted molar refractivity (Wildman–Crippen MR) is 293 cm³/mol. The summed E-state index contributed by atoms with van der Waals surface area (Å²) in [5.74, 6) is -0.488. The van der Waals surface area contributed by atoms with E-state index < -0.39 is 95.4 Å². The molecule has 2 fully saturated rings. The number of nitrogens with one attached hydrogen (secondary N) is 3. The highest BCUT2D eigenvalue weighted by atomic mass is 31.2. The number of carbonyl (C=O) groups excluding carboxylic acids is 2. The van der Waals surface area contributed by atoms with Gasteiger partial charge in [-0.3, -0.25) is 29.2 Å². The average molecular weight is 1180 g/mol. The van der Waals surface area contributed by atoms with Crippen molar-refractivity contribution in [1.29, 1.82) is 5.26 Å². The van der Waals surface area contributed by atoms with Gasteiger partial charge in [0.2, 0.25) is 11.9 Å². The quantitative estimate of drug-likeness (QED) is 0.0286. The molecule has 0 radical (unpaired) electrons. The molecular weight excluding hydrogens is 1120 g/mol. The van der Waals surface area contributed by atoms with E-state index in [-0.39, 0.29) is 60.1 Å². The third-order valence-electron chi connectivity index (χ3n) is 13.4.